The third-order valence-electron chi connectivity index (χ3n) is 1.77. The highest BCUT2D eigenvalue weighted by molar-refractivity contribution is 6.30. The van der Waals surface area contributed by atoms with Crippen LogP contribution in [0.4, 0.5) is 0 Å². The number of rotatable bonds is 4. The molecule has 0 amide bonds. The molecule has 1 atom stereocenters. The van der Waals surface area contributed by atoms with Crippen molar-refractivity contribution in [1.82, 2.24) is 0 Å². The van der Waals surface area contributed by atoms with Gasteiger partial charge in [0.15, 0.2) is 0 Å². The molecule has 0 fully saturated rings. The number of benzene rings is 1. The number of halogens is 1. The summed E-state index contributed by atoms with van der Waals surface area (Å²) >= 11 is 5.77. The molecule has 0 aliphatic rings. The van der Waals surface area contributed by atoms with Crippen LogP contribution in [0.1, 0.15) is 6.92 Å². The molecule has 14 heavy (non-hydrogen) atoms. The maximum absolute atomic E-state index is 9.58. The van der Waals surface area contributed by atoms with Crippen molar-refractivity contribution in [2.75, 3.05) is 6.61 Å². The molecular weight excluding hydrogens is 200 g/mol. The summed E-state index contributed by atoms with van der Waals surface area (Å²) in [6.07, 6.45) is 1.44. The first-order valence-electron chi connectivity index (χ1n) is 4.28. The lowest BCUT2D eigenvalue weighted by Gasteiger charge is -2.18. The fraction of sp³-hybridized carbons (Fsp3) is 0.273. The van der Waals surface area contributed by atoms with E-state index in [9.17, 15) is 5.11 Å². The number of ether oxygens (including phenoxy) is 1. The van der Waals surface area contributed by atoms with Gasteiger partial charge in [-0.25, -0.2) is 0 Å². The summed E-state index contributed by atoms with van der Waals surface area (Å²) in [5.41, 5.74) is -1.01. The zero-order valence-electron chi connectivity index (χ0n) is 8.03. The van der Waals surface area contributed by atoms with Crippen LogP contribution in [0, 0.1) is 0 Å². The Labute approximate surface area is 88.8 Å². The van der Waals surface area contributed by atoms with E-state index in [1.165, 1.54) is 6.08 Å². The SMILES string of the molecule is C=CC(C)(O)COc1cccc(Cl)c1. The summed E-state index contributed by atoms with van der Waals surface area (Å²) in [5, 5.41) is 10.2. The van der Waals surface area contributed by atoms with Crippen LogP contribution in [0.5, 0.6) is 5.75 Å². The van der Waals surface area contributed by atoms with Crippen molar-refractivity contribution >= 4 is 11.6 Å². The van der Waals surface area contributed by atoms with Crippen LogP contribution in [0.2, 0.25) is 5.02 Å². The van der Waals surface area contributed by atoms with Crippen LogP contribution in [-0.4, -0.2) is 17.3 Å². The molecule has 0 bridgehead atoms. The van der Waals surface area contributed by atoms with E-state index in [1.807, 2.05) is 0 Å². The van der Waals surface area contributed by atoms with Gasteiger partial charge in [-0.3, -0.25) is 0 Å². The minimum atomic E-state index is -1.01. The molecule has 0 aliphatic heterocycles. The monoisotopic (exact) mass is 212 g/mol. The maximum atomic E-state index is 9.58. The van der Waals surface area contributed by atoms with Crippen molar-refractivity contribution in [3.8, 4) is 5.75 Å². The van der Waals surface area contributed by atoms with Crippen LogP contribution in [-0.2, 0) is 0 Å². The van der Waals surface area contributed by atoms with Gasteiger partial charge in [0.25, 0.3) is 0 Å². The van der Waals surface area contributed by atoms with Gasteiger partial charge in [0.2, 0.25) is 0 Å². The highest BCUT2D eigenvalue weighted by Gasteiger charge is 2.15. The first-order valence-corrected chi connectivity index (χ1v) is 4.66. The molecule has 0 heterocycles. The molecular formula is C11H13ClO2. The molecule has 2 nitrogen and oxygen atoms in total. The molecule has 1 N–H and O–H groups in total. The van der Waals surface area contributed by atoms with Gasteiger partial charge >= 0.3 is 0 Å². The summed E-state index contributed by atoms with van der Waals surface area (Å²) in [6.45, 7) is 5.30. The van der Waals surface area contributed by atoms with E-state index in [1.54, 1.807) is 31.2 Å². The predicted molar refractivity (Wildman–Crippen MR) is 57.8 cm³/mol. The molecule has 3 heteroatoms. The van der Waals surface area contributed by atoms with E-state index in [-0.39, 0.29) is 6.61 Å². The fourth-order valence-corrected chi connectivity index (χ4v) is 1.03. The lowest BCUT2D eigenvalue weighted by Crippen LogP contribution is -2.29. The van der Waals surface area contributed by atoms with Gasteiger partial charge in [0, 0.05) is 5.02 Å². The molecule has 1 aromatic carbocycles. The van der Waals surface area contributed by atoms with Crippen molar-refractivity contribution in [2.45, 2.75) is 12.5 Å². The molecule has 0 saturated heterocycles. The summed E-state index contributed by atoms with van der Waals surface area (Å²) in [4.78, 5) is 0. The Balaban J connectivity index is 2.58. The lowest BCUT2D eigenvalue weighted by molar-refractivity contribution is 0.0547. The average Bonchev–Trinajstić information content (AvgIpc) is 2.15. The molecule has 1 rings (SSSR count). The summed E-state index contributed by atoms with van der Waals surface area (Å²) in [7, 11) is 0. The molecule has 0 saturated carbocycles. The van der Waals surface area contributed by atoms with Gasteiger partial charge in [0.05, 0.1) is 0 Å². The van der Waals surface area contributed by atoms with E-state index in [0.717, 1.165) is 0 Å². The highest BCUT2D eigenvalue weighted by atomic mass is 35.5. The third-order valence-corrected chi connectivity index (χ3v) is 2.00. The second kappa shape index (κ2) is 4.49. The second-order valence-electron chi connectivity index (χ2n) is 3.31. The Kier molecular flexibility index (Phi) is 3.55. The van der Waals surface area contributed by atoms with Crippen LogP contribution in [0.3, 0.4) is 0 Å². The molecule has 0 aliphatic carbocycles. The topological polar surface area (TPSA) is 29.5 Å². The van der Waals surface area contributed by atoms with Crippen molar-refractivity contribution in [2.24, 2.45) is 0 Å². The molecule has 0 spiro atoms. The van der Waals surface area contributed by atoms with Gasteiger partial charge in [-0.2, -0.15) is 0 Å². The fourth-order valence-electron chi connectivity index (χ4n) is 0.845. The molecule has 1 unspecified atom stereocenters. The van der Waals surface area contributed by atoms with Crippen LogP contribution >= 0.6 is 11.6 Å². The quantitative estimate of drug-likeness (QED) is 0.778. The standard InChI is InChI=1S/C11H13ClO2/c1-3-11(2,13)8-14-10-6-4-5-9(12)7-10/h3-7,13H,1,8H2,2H3. The average molecular weight is 213 g/mol. The molecule has 76 valence electrons. The van der Waals surface area contributed by atoms with Crippen LogP contribution in [0.15, 0.2) is 36.9 Å². The van der Waals surface area contributed by atoms with Crippen molar-refractivity contribution in [3.63, 3.8) is 0 Å². The minimum Gasteiger partial charge on any atom is -0.490 e. The van der Waals surface area contributed by atoms with Crippen LogP contribution in [0.25, 0.3) is 0 Å². The van der Waals surface area contributed by atoms with Gasteiger partial charge in [-0.15, -0.1) is 6.58 Å². The van der Waals surface area contributed by atoms with E-state index >= 15 is 0 Å². The highest BCUT2D eigenvalue weighted by Crippen LogP contribution is 2.18. The molecule has 1 aromatic rings. The number of aliphatic hydroxyl groups is 1. The number of hydrogen-bond acceptors (Lipinski definition) is 2. The summed E-state index contributed by atoms with van der Waals surface area (Å²) in [6, 6.07) is 7.03. The number of hydrogen-bond donors (Lipinski definition) is 1. The Bertz CT molecular complexity index is 321. The van der Waals surface area contributed by atoms with Crippen molar-refractivity contribution in [3.05, 3.63) is 41.9 Å². The first-order chi connectivity index (χ1) is 6.53. The Morgan fingerprint density at radius 2 is 2.36 bits per heavy atom. The van der Waals surface area contributed by atoms with E-state index < -0.39 is 5.60 Å². The largest absolute Gasteiger partial charge is 0.490 e. The van der Waals surface area contributed by atoms with Crippen LogP contribution < -0.4 is 4.74 Å². The second-order valence-corrected chi connectivity index (χ2v) is 3.74. The van der Waals surface area contributed by atoms with Gasteiger partial charge in [-0.05, 0) is 25.1 Å². The summed E-state index contributed by atoms with van der Waals surface area (Å²) < 4.78 is 5.34. The van der Waals surface area contributed by atoms with Gasteiger partial charge in [0.1, 0.15) is 18.0 Å². The molecule has 0 aromatic heterocycles. The minimum absolute atomic E-state index is 0.164. The predicted octanol–water partition coefficient (Wildman–Crippen LogP) is 2.66. The van der Waals surface area contributed by atoms with E-state index in [4.69, 9.17) is 16.3 Å². The third kappa shape index (κ3) is 3.40. The maximum Gasteiger partial charge on any atom is 0.120 e. The zero-order valence-corrected chi connectivity index (χ0v) is 8.79. The smallest absolute Gasteiger partial charge is 0.120 e. The first kappa shape index (κ1) is 11.1. The van der Waals surface area contributed by atoms with E-state index in [2.05, 4.69) is 6.58 Å². The Morgan fingerprint density at radius 3 is 2.93 bits per heavy atom. The van der Waals surface area contributed by atoms with Gasteiger partial charge in [-0.1, -0.05) is 23.7 Å². The lowest BCUT2D eigenvalue weighted by atomic mass is 10.1. The summed E-state index contributed by atoms with van der Waals surface area (Å²) in [5.74, 6) is 0.639. The van der Waals surface area contributed by atoms with Crippen molar-refractivity contribution < 1.29 is 9.84 Å². The Morgan fingerprint density at radius 1 is 1.64 bits per heavy atom. The zero-order chi connectivity index (χ0) is 10.6. The van der Waals surface area contributed by atoms with Crippen molar-refractivity contribution in [1.29, 1.82) is 0 Å². The van der Waals surface area contributed by atoms with E-state index in [0.29, 0.717) is 10.8 Å². The normalized spacial score (nSPS) is 14.5. The van der Waals surface area contributed by atoms with Gasteiger partial charge < -0.3 is 9.84 Å². The molecule has 0 radical (unpaired) electrons. The Hall–Kier alpha value is -0.990.